The third-order valence-electron chi connectivity index (χ3n) is 3.50. The van der Waals surface area contributed by atoms with E-state index in [2.05, 4.69) is 4.98 Å². The number of nitrogens with zero attached hydrogens (tertiary/aromatic N) is 3. The Bertz CT molecular complexity index is 546. The number of aromatic nitrogens is 1. The molecule has 1 aliphatic rings. The van der Waals surface area contributed by atoms with Crippen molar-refractivity contribution in [2.45, 2.75) is 19.4 Å². The third-order valence-corrected chi connectivity index (χ3v) is 3.50. The fourth-order valence-electron chi connectivity index (χ4n) is 2.31. The van der Waals surface area contributed by atoms with Crippen molar-refractivity contribution in [3.63, 3.8) is 0 Å². The molecule has 20 heavy (non-hydrogen) atoms. The summed E-state index contributed by atoms with van der Waals surface area (Å²) in [6.07, 6.45) is 1.34. The number of pyridine rings is 1. The van der Waals surface area contributed by atoms with Crippen molar-refractivity contribution in [2.75, 3.05) is 18.0 Å². The number of nitro groups is 1. The summed E-state index contributed by atoms with van der Waals surface area (Å²) in [5.41, 5.74) is -0.539. The van der Waals surface area contributed by atoms with Gasteiger partial charge < -0.3 is 15.1 Å². The Hall–Kier alpha value is -2.22. The quantitative estimate of drug-likeness (QED) is 0.621. The van der Waals surface area contributed by atoms with Gasteiger partial charge in [-0.1, -0.05) is 0 Å². The van der Waals surface area contributed by atoms with Crippen molar-refractivity contribution in [1.82, 2.24) is 4.98 Å². The standard InChI is InChI=1S/C12H15N3O5/c1-7(16)8-2-3-14(6-8)11-10(15(19)20)4-9(5-13-11)12(17)18/h4-5,7-8,16H,2-3,6H2,1H3,(H,17,18). The van der Waals surface area contributed by atoms with E-state index in [0.717, 1.165) is 18.7 Å². The molecule has 8 nitrogen and oxygen atoms in total. The second kappa shape index (κ2) is 5.41. The van der Waals surface area contributed by atoms with Crippen LogP contribution in [0.25, 0.3) is 0 Å². The molecule has 0 bridgehead atoms. The molecule has 108 valence electrons. The van der Waals surface area contributed by atoms with Gasteiger partial charge in [0.25, 0.3) is 0 Å². The molecule has 1 aromatic rings. The van der Waals surface area contributed by atoms with E-state index >= 15 is 0 Å². The Kier molecular flexibility index (Phi) is 3.84. The van der Waals surface area contributed by atoms with Gasteiger partial charge in [-0.05, 0) is 13.3 Å². The lowest BCUT2D eigenvalue weighted by Gasteiger charge is -2.18. The summed E-state index contributed by atoms with van der Waals surface area (Å²) < 4.78 is 0. The maximum absolute atomic E-state index is 11.1. The zero-order valence-electron chi connectivity index (χ0n) is 10.9. The molecule has 2 rings (SSSR count). The van der Waals surface area contributed by atoms with Crippen LogP contribution in [0.3, 0.4) is 0 Å². The first-order valence-electron chi connectivity index (χ1n) is 6.21. The van der Waals surface area contributed by atoms with Crippen LogP contribution in [-0.2, 0) is 0 Å². The monoisotopic (exact) mass is 281 g/mol. The molecule has 1 fully saturated rings. The summed E-state index contributed by atoms with van der Waals surface area (Å²) in [6.45, 7) is 2.71. The van der Waals surface area contributed by atoms with Crippen LogP contribution in [0.1, 0.15) is 23.7 Å². The highest BCUT2D eigenvalue weighted by atomic mass is 16.6. The van der Waals surface area contributed by atoms with Gasteiger partial charge in [-0.15, -0.1) is 0 Å². The lowest BCUT2D eigenvalue weighted by atomic mass is 10.0. The summed E-state index contributed by atoms with van der Waals surface area (Å²) in [5, 5.41) is 29.5. The van der Waals surface area contributed by atoms with Crippen molar-refractivity contribution in [2.24, 2.45) is 5.92 Å². The van der Waals surface area contributed by atoms with Gasteiger partial charge >= 0.3 is 11.7 Å². The number of aliphatic hydroxyl groups excluding tert-OH is 1. The van der Waals surface area contributed by atoms with Crippen LogP contribution in [0, 0.1) is 16.0 Å². The molecule has 0 aliphatic carbocycles. The first-order chi connectivity index (χ1) is 9.40. The van der Waals surface area contributed by atoms with Gasteiger partial charge in [0.1, 0.15) is 0 Å². The molecule has 2 unspecified atom stereocenters. The van der Waals surface area contributed by atoms with Crippen LogP contribution in [0.2, 0.25) is 0 Å². The third kappa shape index (κ3) is 2.69. The second-order valence-electron chi connectivity index (χ2n) is 4.86. The van der Waals surface area contributed by atoms with Gasteiger partial charge in [-0.25, -0.2) is 9.78 Å². The number of hydrogen-bond acceptors (Lipinski definition) is 6. The summed E-state index contributed by atoms with van der Waals surface area (Å²) in [6, 6.07) is 1.01. The fourth-order valence-corrected chi connectivity index (χ4v) is 2.31. The SMILES string of the molecule is CC(O)C1CCN(c2ncc(C(=O)O)cc2[N+](=O)[O-])C1. The van der Waals surface area contributed by atoms with Gasteiger partial charge in [0.15, 0.2) is 0 Å². The van der Waals surface area contributed by atoms with E-state index in [-0.39, 0.29) is 23.0 Å². The Morgan fingerprint density at radius 2 is 2.35 bits per heavy atom. The van der Waals surface area contributed by atoms with Crippen LogP contribution in [-0.4, -0.2) is 45.3 Å². The molecule has 8 heteroatoms. The maximum Gasteiger partial charge on any atom is 0.337 e. The van der Waals surface area contributed by atoms with Gasteiger partial charge in [-0.3, -0.25) is 10.1 Å². The average molecular weight is 281 g/mol. The molecular formula is C12H15N3O5. The van der Waals surface area contributed by atoms with Gasteiger partial charge in [0, 0.05) is 31.3 Å². The largest absolute Gasteiger partial charge is 0.478 e. The Balaban J connectivity index is 2.32. The molecule has 1 saturated heterocycles. The van der Waals surface area contributed by atoms with Crippen LogP contribution >= 0.6 is 0 Å². The van der Waals surface area contributed by atoms with Crippen molar-refractivity contribution in [3.05, 3.63) is 27.9 Å². The summed E-state index contributed by atoms with van der Waals surface area (Å²) >= 11 is 0. The minimum Gasteiger partial charge on any atom is -0.478 e. The number of carboxylic acid groups (broad SMARTS) is 1. The molecule has 2 atom stereocenters. The van der Waals surface area contributed by atoms with E-state index in [1.165, 1.54) is 0 Å². The summed E-state index contributed by atoms with van der Waals surface area (Å²) in [4.78, 5) is 26.9. The van der Waals surface area contributed by atoms with E-state index in [9.17, 15) is 20.0 Å². The van der Waals surface area contributed by atoms with E-state index in [1.54, 1.807) is 11.8 Å². The summed E-state index contributed by atoms with van der Waals surface area (Å²) in [7, 11) is 0. The first kappa shape index (κ1) is 14.2. The van der Waals surface area contributed by atoms with E-state index in [1.807, 2.05) is 0 Å². The molecule has 2 N–H and O–H groups in total. The van der Waals surface area contributed by atoms with Crippen molar-refractivity contribution >= 4 is 17.5 Å². The van der Waals surface area contributed by atoms with E-state index < -0.39 is 17.0 Å². The minimum absolute atomic E-state index is 0.0376. The maximum atomic E-state index is 11.1. The van der Waals surface area contributed by atoms with Crippen LogP contribution in [0.5, 0.6) is 0 Å². The Morgan fingerprint density at radius 3 is 2.85 bits per heavy atom. The molecule has 1 aromatic heterocycles. The highest BCUT2D eigenvalue weighted by molar-refractivity contribution is 5.88. The topological polar surface area (TPSA) is 117 Å². The number of rotatable bonds is 4. The van der Waals surface area contributed by atoms with Gasteiger partial charge in [0.2, 0.25) is 5.82 Å². The second-order valence-corrected chi connectivity index (χ2v) is 4.86. The van der Waals surface area contributed by atoms with Crippen molar-refractivity contribution < 1.29 is 19.9 Å². The van der Waals surface area contributed by atoms with E-state index in [0.29, 0.717) is 13.1 Å². The van der Waals surface area contributed by atoms with Crippen LogP contribution in [0.15, 0.2) is 12.3 Å². The zero-order chi connectivity index (χ0) is 14.9. The zero-order valence-corrected chi connectivity index (χ0v) is 10.9. The molecule has 2 heterocycles. The highest BCUT2D eigenvalue weighted by Gasteiger charge is 2.31. The number of carbonyl (C=O) groups is 1. The normalized spacial score (nSPS) is 19.9. The Labute approximate surface area is 114 Å². The molecule has 1 aliphatic heterocycles. The van der Waals surface area contributed by atoms with Gasteiger partial charge in [0.05, 0.1) is 16.6 Å². The average Bonchev–Trinajstić information content (AvgIpc) is 2.87. The van der Waals surface area contributed by atoms with Crippen LogP contribution in [0.4, 0.5) is 11.5 Å². The molecule has 0 radical (unpaired) electrons. The van der Waals surface area contributed by atoms with Crippen molar-refractivity contribution in [1.29, 1.82) is 0 Å². The van der Waals surface area contributed by atoms with Crippen LogP contribution < -0.4 is 4.90 Å². The van der Waals surface area contributed by atoms with E-state index in [4.69, 9.17) is 5.11 Å². The number of hydrogen-bond donors (Lipinski definition) is 2. The number of carboxylic acids is 1. The molecule has 0 saturated carbocycles. The molecule has 0 spiro atoms. The Morgan fingerprint density at radius 1 is 1.65 bits per heavy atom. The molecule has 0 amide bonds. The smallest absolute Gasteiger partial charge is 0.337 e. The fraction of sp³-hybridized carbons (Fsp3) is 0.500. The lowest BCUT2D eigenvalue weighted by Crippen LogP contribution is -2.25. The predicted octanol–water partition coefficient (Wildman–Crippen LogP) is 0.895. The summed E-state index contributed by atoms with van der Waals surface area (Å²) in [5.74, 6) is -1.06. The van der Waals surface area contributed by atoms with Crippen molar-refractivity contribution in [3.8, 4) is 0 Å². The molecular weight excluding hydrogens is 266 g/mol. The number of aromatic carboxylic acids is 1. The molecule has 0 aromatic carbocycles. The minimum atomic E-state index is -1.25. The lowest BCUT2D eigenvalue weighted by molar-refractivity contribution is -0.384. The van der Waals surface area contributed by atoms with Gasteiger partial charge in [-0.2, -0.15) is 0 Å². The highest BCUT2D eigenvalue weighted by Crippen LogP contribution is 2.31. The number of anilines is 1. The first-order valence-corrected chi connectivity index (χ1v) is 6.21. The number of aliphatic hydroxyl groups is 1. The predicted molar refractivity (Wildman–Crippen MR) is 69.9 cm³/mol.